The van der Waals surface area contributed by atoms with Crippen LogP contribution in [-0.2, 0) is 4.79 Å². The van der Waals surface area contributed by atoms with E-state index in [0.717, 1.165) is 0 Å². The average molecular weight is 305 g/mol. The summed E-state index contributed by atoms with van der Waals surface area (Å²) in [6, 6.07) is 11.5. The molecule has 0 spiro atoms. The summed E-state index contributed by atoms with van der Waals surface area (Å²) in [5.74, 6) is -0.954. The Hall–Kier alpha value is -2.58. The van der Waals surface area contributed by atoms with Gasteiger partial charge in [0.2, 0.25) is 6.10 Å². The third-order valence-corrected chi connectivity index (χ3v) is 3.03. The fourth-order valence-corrected chi connectivity index (χ4v) is 1.95. The number of nitrogens with zero attached hydrogens (tertiary/aromatic N) is 1. The van der Waals surface area contributed by atoms with Crippen molar-refractivity contribution in [1.82, 2.24) is 0 Å². The van der Waals surface area contributed by atoms with Crippen molar-refractivity contribution in [3.63, 3.8) is 0 Å². The Bertz CT molecular complexity index is 711. The molecule has 106 valence electrons. The summed E-state index contributed by atoms with van der Waals surface area (Å²) in [5, 5.41) is 8.95. The van der Waals surface area contributed by atoms with E-state index >= 15 is 0 Å². The van der Waals surface area contributed by atoms with Crippen LogP contribution in [0, 0.1) is 17.1 Å². The van der Waals surface area contributed by atoms with Crippen molar-refractivity contribution in [2.24, 2.45) is 5.73 Å². The molecule has 6 heteroatoms. The van der Waals surface area contributed by atoms with Gasteiger partial charge in [0.1, 0.15) is 11.6 Å². The highest BCUT2D eigenvalue weighted by Gasteiger charge is 2.21. The number of carbonyl (C=O) groups excluding carboxylic acids is 1. The van der Waals surface area contributed by atoms with Crippen molar-refractivity contribution in [2.45, 2.75) is 6.10 Å². The molecule has 0 aromatic heterocycles. The predicted molar refractivity (Wildman–Crippen MR) is 75.1 cm³/mol. The van der Waals surface area contributed by atoms with E-state index in [-0.39, 0.29) is 10.8 Å². The fraction of sp³-hybridized carbons (Fsp3) is 0.0667. The summed E-state index contributed by atoms with van der Waals surface area (Å²) in [5.41, 5.74) is 6.08. The van der Waals surface area contributed by atoms with Gasteiger partial charge in [-0.25, -0.2) is 4.39 Å². The summed E-state index contributed by atoms with van der Waals surface area (Å²) in [7, 11) is 0. The van der Waals surface area contributed by atoms with E-state index in [0.29, 0.717) is 11.1 Å². The van der Waals surface area contributed by atoms with Gasteiger partial charge in [-0.15, -0.1) is 0 Å². The Morgan fingerprint density at radius 3 is 2.48 bits per heavy atom. The minimum absolute atomic E-state index is 0.183. The molecule has 0 fully saturated rings. The van der Waals surface area contributed by atoms with Crippen LogP contribution in [0.3, 0.4) is 0 Å². The Labute approximate surface area is 125 Å². The molecule has 0 saturated carbocycles. The number of primary amides is 1. The normalized spacial score (nSPS) is 11.5. The highest BCUT2D eigenvalue weighted by molar-refractivity contribution is 6.32. The molecule has 0 radical (unpaired) electrons. The number of rotatable bonds is 4. The monoisotopic (exact) mass is 304 g/mol. The van der Waals surface area contributed by atoms with Gasteiger partial charge in [0.25, 0.3) is 5.91 Å². The lowest BCUT2D eigenvalue weighted by molar-refractivity contribution is -0.125. The number of amides is 1. The molecule has 4 nitrogen and oxygen atoms in total. The van der Waals surface area contributed by atoms with E-state index in [2.05, 4.69) is 0 Å². The Morgan fingerprint density at radius 1 is 1.29 bits per heavy atom. The van der Waals surface area contributed by atoms with Gasteiger partial charge in [-0.05, 0) is 30.3 Å². The summed E-state index contributed by atoms with van der Waals surface area (Å²) in [4.78, 5) is 11.5. The highest BCUT2D eigenvalue weighted by atomic mass is 35.5. The van der Waals surface area contributed by atoms with Crippen molar-refractivity contribution in [3.8, 4) is 11.8 Å². The number of nitriles is 1. The van der Waals surface area contributed by atoms with Gasteiger partial charge in [0, 0.05) is 5.56 Å². The molecule has 2 aromatic carbocycles. The number of nitrogens with two attached hydrogens (primary N) is 1. The smallest absolute Gasteiger partial charge is 0.263 e. The van der Waals surface area contributed by atoms with Gasteiger partial charge in [-0.3, -0.25) is 4.79 Å². The average Bonchev–Trinajstić information content (AvgIpc) is 2.46. The molecule has 2 aromatic rings. The number of hydrogen-bond donors (Lipinski definition) is 1. The largest absolute Gasteiger partial charge is 0.474 e. The van der Waals surface area contributed by atoms with E-state index in [4.69, 9.17) is 27.3 Å². The molecule has 0 bridgehead atoms. The first-order valence-corrected chi connectivity index (χ1v) is 6.30. The minimum Gasteiger partial charge on any atom is -0.474 e. The Balaban J connectivity index is 2.31. The van der Waals surface area contributed by atoms with Crippen LogP contribution in [0.5, 0.6) is 5.75 Å². The van der Waals surface area contributed by atoms with E-state index in [1.807, 2.05) is 6.07 Å². The van der Waals surface area contributed by atoms with E-state index in [9.17, 15) is 9.18 Å². The molecule has 0 saturated heterocycles. The summed E-state index contributed by atoms with van der Waals surface area (Å²) in [6.07, 6.45) is -1.10. The third kappa shape index (κ3) is 3.50. The first kappa shape index (κ1) is 14.8. The summed E-state index contributed by atoms with van der Waals surface area (Å²) < 4.78 is 18.4. The molecule has 2 rings (SSSR count). The second kappa shape index (κ2) is 6.25. The van der Waals surface area contributed by atoms with Crippen molar-refractivity contribution in [1.29, 1.82) is 5.26 Å². The lowest BCUT2D eigenvalue weighted by Crippen LogP contribution is -2.26. The van der Waals surface area contributed by atoms with E-state index in [1.165, 1.54) is 42.5 Å². The highest BCUT2D eigenvalue weighted by Crippen LogP contribution is 2.30. The second-order valence-electron chi connectivity index (χ2n) is 4.21. The third-order valence-electron chi connectivity index (χ3n) is 2.74. The predicted octanol–water partition coefficient (Wildman–Crippen LogP) is 2.96. The SMILES string of the molecule is N#Cc1ccc(O[C@@H](C(N)=O)c2ccc(F)cc2)c(Cl)c1. The number of carbonyl (C=O) groups is 1. The van der Waals surface area contributed by atoms with Crippen LogP contribution in [-0.4, -0.2) is 5.91 Å². The Morgan fingerprint density at radius 2 is 1.95 bits per heavy atom. The summed E-state index contributed by atoms with van der Waals surface area (Å²) >= 11 is 5.98. The molecule has 0 unspecified atom stereocenters. The van der Waals surface area contributed by atoms with Crippen molar-refractivity contribution >= 4 is 17.5 Å². The zero-order chi connectivity index (χ0) is 15.4. The molecule has 21 heavy (non-hydrogen) atoms. The maximum Gasteiger partial charge on any atom is 0.263 e. The van der Waals surface area contributed by atoms with Crippen LogP contribution in [0.15, 0.2) is 42.5 Å². The van der Waals surface area contributed by atoms with Crippen LogP contribution in [0.2, 0.25) is 5.02 Å². The molecular formula is C15H10ClFN2O2. The summed E-state index contributed by atoms with van der Waals surface area (Å²) in [6.45, 7) is 0. The van der Waals surface area contributed by atoms with Crippen molar-refractivity contribution in [2.75, 3.05) is 0 Å². The maximum atomic E-state index is 12.9. The quantitative estimate of drug-likeness (QED) is 0.943. The molecule has 1 atom stereocenters. The lowest BCUT2D eigenvalue weighted by atomic mass is 10.1. The van der Waals surface area contributed by atoms with Gasteiger partial charge in [-0.1, -0.05) is 23.7 Å². The van der Waals surface area contributed by atoms with Crippen LogP contribution >= 0.6 is 11.6 Å². The molecular weight excluding hydrogens is 295 g/mol. The van der Waals surface area contributed by atoms with Gasteiger partial charge >= 0.3 is 0 Å². The first-order chi connectivity index (χ1) is 10.0. The zero-order valence-corrected chi connectivity index (χ0v) is 11.5. The van der Waals surface area contributed by atoms with Crippen LogP contribution in [0.25, 0.3) is 0 Å². The maximum absolute atomic E-state index is 12.9. The van der Waals surface area contributed by atoms with Crippen molar-refractivity contribution < 1.29 is 13.9 Å². The van der Waals surface area contributed by atoms with Crippen LogP contribution < -0.4 is 10.5 Å². The van der Waals surface area contributed by atoms with Gasteiger partial charge in [0.05, 0.1) is 16.7 Å². The minimum atomic E-state index is -1.10. The second-order valence-corrected chi connectivity index (χ2v) is 4.62. The standard InChI is InChI=1S/C15H10ClFN2O2/c16-12-7-9(8-18)1-6-13(12)21-14(15(19)20)10-2-4-11(17)5-3-10/h1-7,14H,(H2,19,20)/t14-/m1/s1. The molecule has 0 aliphatic heterocycles. The lowest BCUT2D eigenvalue weighted by Gasteiger charge is -2.17. The molecule has 0 aliphatic rings. The van der Waals surface area contributed by atoms with Crippen molar-refractivity contribution in [3.05, 3.63) is 64.4 Å². The van der Waals surface area contributed by atoms with Crippen LogP contribution in [0.4, 0.5) is 4.39 Å². The fourth-order valence-electron chi connectivity index (χ4n) is 1.72. The number of ether oxygens (including phenoxy) is 1. The van der Waals surface area contributed by atoms with Gasteiger partial charge < -0.3 is 10.5 Å². The topological polar surface area (TPSA) is 76.1 Å². The molecule has 1 amide bonds. The number of hydrogen-bond acceptors (Lipinski definition) is 3. The Kier molecular flexibility index (Phi) is 4.41. The van der Waals surface area contributed by atoms with Crippen LogP contribution in [0.1, 0.15) is 17.2 Å². The van der Waals surface area contributed by atoms with E-state index in [1.54, 1.807) is 0 Å². The molecule has 2 N–H and O–H groups in total. The first-order valence-electron chi connectivity index (χ1n) is 5.92. The number of halogens is 2. The van der Waals surface area contributed by atoms with Gasteiger partial charge in [0.15, 0.2) is 0 Å². The van der Waals surface area contributed by atoms with E-state index < -0.39 is 17.8 Å². The van der Waals surface area contributed by atoms with Gasteiger partial charge in [-0.2, -0.15) is 5.26 Å². The zero-order valence-electron chi connectivity index (χ0n) is 10.7. The molecule has 0 heterocycles. The number of benzene rings is 2. The molecule has 0 aliphatic carbocycles.